The fraction of sp³-hybridized carbons (Fsp3) is 0.538. The Hall–Kier alpha value is -0.860. The molecule has 0 fully saturated rings. The van der Waals surface area contributed by atoms with Gasteiger partial charge in [0.1, 0.15) is 18.6 Å². The summed E-state index contributed by atoms with van der Waals surface area (Å²) in [4.78, 5) is 0. The Labute approximate surface area is 94.5 Å². The standard InChI is InChI=1S/C13H24N.H2O/c1-5-9-13-14(10-6-2,11-7-3)12-8-4;/h6-8,10-12H,5,9,13H2,1-4H3;1H2/q+1;/p-1. The van der Waals surface area contributed by atoms with Crippen molar-refractivity contribution in [3.63, 3.8) is 0 Å². The summed E-state index contributed by atoms with van der Waals surface area (Å²) >= 11 is 0. The van der Waals surface area contributed by atoms with Crippen LogP contribution in [0.25, 0.3) is 0 Å². The molecule has 0 bridgehead atoms. The van der Waals surface area contributed by atoms with Gasteiger partial charge in [-0.05, 0) is 45.4 Å². The summed E-state index contributed by atoms with van der Waals surface area (Å²) in [5.41, 5.74) is 0. The largest absolute Gasteiger partial charge is 0.870 e. The van der Waals surface area contributed by atoms with Crippen LogP contribution in [-0.4, -0.2) is 16.5 Å². The number of quaternary nitrogens is 1. The maximum Gasteiger partial charge on any atom is 0.101 e. The molecule has 0 heterocycles. The van der Waals surface area contributed by atoms with Gasteiger partial charge >= 0.3 is 0 Å². The summed E-state index contributed by atoms with van der Waals surface area (Å²) in [6.45, 7) is 9.61. The van der Waals surface area contributed by atoms with E-state index in [2.05, 4.69) is 64.5 Å². The van der Waals surface area contributed by atoms with E-state index in [-0.39, 0.29) is 5.48 Å². The fourth-order valence-electron chi connectivity index (χ4n) is 1.64. The molecule has 0 saturated carbocycles. The molecule has 0 aromatic carbocycles. The van der Waals surface area contributed by atoms with Gasteiger partial charge in [0.15, 0.2) is 0 Å². The molecule has 0 aromatic heterocycles. The SMILES string of the molecule is CC=C[N+](C=CC)(C=CC)CCCC.[OH-]. The number of rotatable bonds is 6. The highest BCUT2D eigenvalue weighted by Crippen LogP contribution is 2.14. The molecule has 0 atom stereocenters. The lowest BCUT2D eigenvalue weighted by atomic mass is 10.3. The van der Waals surface area contributed by atoms with Gasteiger partial charge in [0.25, 0.3) is 0 Å². The Bertz CT molecular complexity index is 185. The van der Waals surface area contributed by atoms with E-state index in [0.717, 1.165) is 11.0 Å². The van der Waals surface area contributed by atoms with Crippen molar-refractivity contribution in [2.45, 2.75) is 40.5 Å². The maximum atomic E-state index is 2.23. The summed E-state index contributed by atoms with van der Waals surface area (Å²) in [5, 5.41) is 0. The van der Waals surface area contributed by atoms with Crippen molar-refractivity contribution in [3.8, 4) is 0 Å². The molecule has 0 aromatic rings. The van der Waals surface area contributed by atoms with Crippen molar-refractivity contribution >= 4 is 0 Å². The third kappa shape index (κ3) is 6.26. The number of allylic oxidation sites excluding steroid dienone is 3. The summed E-state index contributed by atoms with van der Waals surface area (Å²) in [5.74, 6) is 0. The summed E-state index contributed by atoms with van der Waals surface area (Å²) < 4.78 is 0.845. The quantitative estimate of drug-likeness (QED) is 0.610. The molecular formula is C13H25NO. The van der Waals surface area contributed by atoms with E-state index in [1.165, 1.54) is 12.8 Å². The predicted octanol–water partition coefficient (Wildman–Crippen LogP) is 4.03. The first-order valence-electron chi connectivity index (χ1n) is 5.53. The molecule has 0 unspecified atom stereocenters. The Morgan fingerprint density at radius 3 is 1.53 bits per heavy atom. The van der Waals surface area contributed by atoms with Crippen LogP contribution < -0.4 is 0 Å². The first kappa shape index (κ1) is 16.6. The molecule has 0 aliphatic rings. The minimum absolute atomic E-state index is 0. The first-order valence-corrected chi connectivity index (χ1v) is 5.53. The van der Waals surface area contributed by atoms with Crippen LogP contribution in [0.15, 0.2) is 36.8 Å². The molecule has 2 nitrogen and oxygen atoms in total. The van der Waals surface area contributed by atoms with Gasteiger partial charge in [-0.15, -0.1) is 0 Å². The summed E-state index contributed by atoms with van der Waals surface area (Å²) in [7, 11) is 0. The second kappa shape index (κ2) is 9.69. The van der Waals surface area contributed by atoms with Crippen LogP contribution in [-0.2, 0) is 0 Å². The predicted molar refractivity (Wildman–Crippen MR) is 66.4 cm³/mol. The third-order valence-electron chi connectivity index (χ3n) is 2.18. The minimum atomic E-state index is 0. The van der Waals surface area contributed by atoms with E-state index in [4.69, 9.17) is 0 Å². The van der Waals surface area contributed by atoms with Gasteiger partial charge in [-0.3, -0.25) is 0 Å². The lowest BCUT2D eigenvalue weighted by Gasteiger charge is -2.26. The van der Waals surface area contributed by atoms with Crippen molar-refractivity contribution in [2.24, 2.45) is 0 Å². The zero-order valence-electron chi connectivity index (χ0n) is 10.5. The van der Waals surface area contributed by atoms with Crippen molar-refractivity contribution in [1.82, 2.24) is 0 Å². The van der Waals surface area contributed by atoms with E-state index in [9.17, 15) is 0 Å². The number of hydrogen-bond donors (Lipinski definition) is 0. The number of unbranched alkanes of at least 4 members (excludes halogenated alkanes) is 1. The van der Waals surface area contributed by atoms with Crippen molar-refractivity contribution in [2.75, 3.05) is 6.54 Å². The van der Waals surface area contributed by atoms with Gasteiger partial charge in [0.2, 0.25) is 0 Å². The van der Waals surface area contributed by atoms with Crippen LogP contribution in [0.1, 0.15) is 40.5 Å². The van der Waals surface area contributed by atoms with Crippen LogP contribution in [0, 0.1) is 0 Å². The Morgan fingerprint density at radius 1 is 0.867 bits per heavy atom. The normalized spacial score (nSPS) is 16.0. The lowest BCUT2D eigenvalue weighted by molar-refractivity contribution is -0.773. The zero-order chi connectivity index (χ0) is 10.9. The Kier molecular flexibility index (Phi) is 10.7. The Morgan fingerprint density at radius 2 is 1.27 bits per heavy atom. The van der Waals surface area contributed by atoms with Crippen LogP contribution in [0.4, 0.5) is 0 Å². The average Bonchev–Trinajstić information content (AvgIpc) is 2.16. The lowest BCUT2D eigenvalue weighted by Crippen LogP contribution is -2.31. The van der Waals surface area contributed by atoms with Gasteiger partial charge in [-0.2, -0.15) is 0 Å². The van der Waals surface area contributed by atoms with Crippen LogP contribution >= 0.6 is 0 Å². The smallest absolute Gasteiger partial charge is 0.101 e. The molecule has 0 spiro atoms. The van der Waals surface area contributed by atoms with E-state index in [1.807, 2.05) is 0 Å². The Balaban J connectivity index is 0. The summed E-state index contributed by atoms with van der Waals surface area (Å²) in [6.07, 6.45) is 15.5. The maximum absolute atomic E-state index is 2.23. The van der Waals surface area contributed by atoms with Gasteiger partial charge in [0, 0.05) is 0 Å². The molecule has 0 amide bonds. The van der Waals surface area contributed by atoms with Gasteiger partial charge in [-0.25, -0.2) is 4.48 Å². The van der Waals surface area contributed by atoms with Crippen LogP contribution in [0.2, 0.25) is 0 Å². The van der Waals surface area contributed by atoms with Crippen molar-refractivity contribution in [1.29, 1.82) is 0 Å². The highest BCUT2D eigenvalue weighted by atomic mass is 16.0. The van der Waals surface area contributed by atoms with E-state index in [0.29, 0.717) is 0 Å². The molecule has 1 N–H and O–H groups in total. The minimum Gasteiger partial charge on any atom is -0.870 e. The third-order valence-corrected chi connectivity index (χ3v) is 2.18. The number of nitrogens with zero attached hydrogens (tertiary/aromatic N) is 1. The first-order chi connectivity index (χ1) is 6.74. The molecule has 0 aliphatic heterocycles. The zero-order valence-corrected chi connectivity index (χ0v) is 10.5. The second-order valence-electron chi connectivity index (χ2n) is 3.52. The van der Waals surface area contributed by atoms with E-state index >= 15 is 0 Å². The van der Waals surface area contributed by atoms with Crippen molar-refractivity contribution in [3.05, 3.63) is 36.8 Å². The number of hydrogen-bond acceptors (Lipinski definition) is 1. The highest BCUT2D eigenvalue weighted by molar-refractivity contribution is 4.84. The van der Waals surface area contributed by atoms with Crippen molar-refractivity contribution < 1.29 is 9.96 Å². The average molecular weight is 211 g/mol. The second-order valence-corrected chi connectivity index (χ2v) is 3.52. The van der Waals surface area contributed by atoms with Gasteiger partial charge in [0.05, 0.1) is 6.54 Å². The molecule has 0 radical (unpaired) electrons. The van der Waals surface area contributed by atoms with E-state index in [1.54, 1.807) is 0 Å². The van der Waals surface area contributed by atoms with Gasteiger partial charge in [-0.1, -0.05) is 13.3 Å². The van der Waals surface area contributed by atoms with Gasteiger partial charge < -0.3 is 5.48 Å². The molecule has 0 aliphatic carbocycles. The summed E-state index contributed by atoms with van der Waals surface area (Å²) in [6, 6.07) is 0. The van der Waals surface area contributed by atoms with E-state index < -0.39 is 0 Å². The molecular weight excluding hydrogens is 186 g/mol. The molecule has 2 heteroatoms. The van der Waals surface area contributed by atoms with Crippen LogP contribution in [0.5, 0.6) is 0 Å². The molecule has 15 heavy (non-hydrogen) atoms. The molecule has 0 saturated heterocycles. The highest BCUT2D eigenvalue weighted by Gasteiger charge is 2.16. The monoisotopic (exact) mass is 211 g/mol. The van der Waals surface area contributed by atoms with Crippen LogP contribution in [0.3, 0.4) is 0 Å². The molecule has 88 valence electrons. The molecule has 0 rings (SSSR count). The fourth-order valence-corrected chi connectivity index (χ4v) is 1.64. The topological polar surface area (TPSA) is 30.0 Å².